The average molecular weight is 382 g/mol. The summed E-state index contributed by atoms with van der Waals surface area (Å²) in [6.07, 6.45) is -0.197. The fourth-order valence-electron chi connectivity index (χ4n) is 2.44. The summed E-state index contributed by atoms with van der Waals surface area (Å²) in [6, 6.07) is 13.7. The number of carbonyl (C=O) groups is 4. The van der Waals surface area contributed by atoms with Crippen LogP contribution in [0.15, 0.2) is 48.5 Å². The van der Waals surface area contributed by atoms with Crippen molar-refractivity contribution >= 4 is 23.5 Å². The van der Waals surface area contributed by atoms with Gasteiger partial charge in [-0.1, -0.05) is 36.4 Å². The third-order valence-electron chi connectivity index (χ3n) is 4.00. The third-order valence-corrected chi connectivity index (χ3v) is 4.00. The van der Waals surface area contributed by atoms with E-state index < -0.39 is 11.9 Å². The monoisotopic (exact) mass is 382 g/mol. The van der Waals surface area contributed by atoms with E-state index in [2.05, 4.69) is 0 Å². The second kappa shape index (κ2) is 10.2. The Bertz CT molecular complexity index is 811. The number of benzene rings is 2. The van der Waals surface area contributed by atoms with E-state index in [1.54, 1.807) is 48.5 Å². The third kappa shape index (κ3) is 6.79. The highest BCUT2D eigenvalue weighted by Gasteiger charge is 2.11. The first-order chi connectivity index (χ1) is 13.3. The molecule has 6 heteroatoms. The van der Waals surface area contributed by atoms with Gasteiger partial charge in [0.25, 0.3) is 0 Å². The molecule has 0 aliphatic rings. The average Bonchev–Trinajstić information content (AvgIpc) is 2.69. The molecule has 0 saturated carbocycles. The zero-order valence-corrected chi connectivity index (χ0v) is 15.9. The summed E-state index contributed by atoms with van der Waals surface area (Å²) in [5, 5.41) is 0. The van der Waals surface area contributed by atoms with E-state index in [-0.39, 0.29) is 37.6 Å². The topological polar surface area (TPSA) is 86.7 Å². The van der Waals surface area contributed by atoms with Crippen molar-refractivity contribution in [1.82, 2.24) is 0 Å². The lowest BCUT2D eigenvalue weighted by molar-refractivity contribution is -0.151. The molecule has 2 rings (SSSR count). The van der Waals surface area contributed by atoms with Crippen LogP contribution in [0.2, 0.25) is 0 Å². The molecule has 0 bridgehead atoms. The normalized spacial score (nSPS) is 10.2. The maximum Gasteiger partial charge on any atom is 0.306 e. The molecule has 0 radical (unpaired) electrons. The minimum Gasteiger partial charge on any atom is -0.461 e. The molecule has 2 aromatic rings. The second-order valence-electron chi connectivity index (χ2n) is 6.33. The molecule has 0 atom stereocenters. The molecule has 0 fully saturated rings. The van der Waals surface area contributed by atoms with Crippen molar-refractivity contribution < 1.29 is 28.7 Å². The van der Waals surface area contributed by atoms with Gasteiger partial charge in [0.15, 0.2) is 11.6 Å². The number of rotatable bonds is 9. The Morgan fingerprint density at radius 1 is 0.679 bits per heavy atom. The molecule has 0 saturated heterocycles. The van der Waals surface area contributed by atoms with Crippen molar-refractivity contribution in [2.24, 2.45) is 0 Å². The minimum absolute atomic E-state index is 0.0346. The quantitative estimate of drug-likeness (QED) is 0.486. The Balaban J connectivity index is 1.73. The van der Waals surface area contributed by atoms with Crippen LogP contribution in [0.4, 0.5) is 0 Å². The maximum atomic E-state index is 11.8. The van der Waals surface area contributed by atoms with Gasteiger partial charge >= 0.3 is 11.9 Å². The molecule has 2 aromatic carbocycles. The molecule has 0 spiro atoms. The van der Waals surface area contributed by atoms with Crippen LogP contribution < -0.4 is 0 Å². The van der Waals surface area contributed by atoms with Gasteiger partial charge in [0.05, 0.1) is 12.8 Å². The van der Waals surface area contributed by atoms with Gasteiger partial charge in [-0.05, 0) is 37.1 Å². The molecular formula is C22H22O6. The molecule has 0 aliphatic heterocycles. The fourth-order valence-corrected chi connectivity index (χ4v) is 2.44. The Morgan fingerprint density at radius 2 is 1.07 bits per heavy atom. The molecule has 0 unspecified atom stereocenters. The lowest BCUT2D eigenvalue weighted by Crippen LogP contribution is -2.10. The van der Waals surface area contributed by atoms with Crippen LogP contribution in [-0.4, -0.2) is 23.5 Å². The smallest absolute Gasteiger partial charge is 0.306 e. The van der Waals surface area contributed by atoms with E-state index in [4.69, 9.17) is 9.47 Å². The van der Waals surface area contributed by atoms with E-state index >= 15 is 0 Å². The number of ether oxygens (including phenoxy) is 2. The Labute approximate surface area is 163 Å². The summed E-state index contributed by atoms with van der Waals surface area (Å²) < 4.78 is 10.2. The number of Topliss-reactive ketones (excluding diaryl/α,β-unsaturated/α-hetero) is 2. The number of hydrogen-bond donors (Lipinski definition) is 0. The Morgan fingerprint density at radius 3 is 1.43 bits per heavy atom. The van der Waals surface area contributed by atoms with Gasteiger partial charge in [-0.2, -0.15) is 0 Å². The molecule has 0 N–H and O–H groups in total. The first-order valence-electron chi connectivity index (χ1n) is 8.86. The summed E-state index contributed by atoms with van der Waals surface area (Å²) in [6.45, 7) is 3.00. The molecule has 0 amide bonds. The summed E-state index contributed by atoms with van der Waals surface area (Å²) in [5.74, 6) is -1.18. The van der Waals surface area contributed by atoms with E-state index in [9.17, 15) is 19.2 Å². The van der Waals surface area contributed by atoms with Crippen molar-refractivity contribution in [3.05, 3.63) is 70.8 Å². The first kappa shape index (κ1) is 21.0. The molecule has 0 aromatic heterocycles. The fraction of sp³-hybridized carbons (Fsp3) is 0.273. The van der Waals surface area contributed by atoms with Gasteiger partial charge in [-0.25, -0.2) is 0 Å². The van der Waals surface area contributed by atoms with E-state index in [0.717, 1.165) is 0 Å². The highest BCUT2D eigenvalue weighted by Crippen LogP contribution is 2.10. The van der Waals surface area contributed by atoms with Crippen LogP contribution in [0.25, 0.3) is 0 Å². The highest BCUT2D eigenvalue weighted by atomic mass is 16.5. The van der Waals surface area contributed by atoms with Crippen molar-refractivity contribution in [2.75, 3.05) is 0 Å². The van der Waals surface area contributed by atoms with Crippen LogP contribution in [0.5, 0.6) is 0 Å². The molecular weight excluding hydrogens is 360 g/mol. The van der Waals surface area contributed by atoms with E-state index in [1.807, 2.05) is 0 Å². The summed E-state index contributed by atoms with van der Waals surface area (Å²) in [7, 11) is 0. The van der Waals surface area contributed by atoms with Crippen LogP contribution >= 0.6 is 0 Å². The van der Waals surface area contributed by atoms with Crippen molar-refractivity contribution in [1.29, 1.82) is 0 Å². The zero-order chi connectivity index (χ0) is 20.5. The van der Waals surface area contributed by atoms with E-state index in [1.165, 1.54) is 13.8 Å². The lowest BCUT2D eigenvalue weighted by atomic mass is 10.1. The van der Waals surface area contributed by atoms with Crippen molar-refractivity contribution in [2.45, 2.75) is 39.9 Å². The Kier molecular flexibility index (Phi) is 7.63. The van der Waals surface area contributed by atoms with E-state index in [0.29, 0.717) is 22.3 Å². The lowest BCUT2D eigenvalue weighted by Gasteiger charge is -2.07. The van der Waals surface area contributed by atoms with Gasteiger partial charge < -0.3 is 9.47 Å². The number of hydrogen-bond acceptors (Lipinski definition) is 6. The summed E-state index contributed by atoms with van der Waals surface area (Å²) in [4.78, 5) is 46.3. The largest absolute Gasteiger partial charge is 0.461 e. The zero-order valence-electron chi connectivity index (χ0n) is 15.9. The Hall–Kier alpha value is -3.28. The summed E-state index contributed by atoms with van der Waals surface area (Å²) in [5.41, 5.74) is 2.50. The van der Waals surface area contributed by atoms with Crippen LogP contribution in [0.1, 0.15) is 58.5 Å². The van der Waals surface area contributed by atoms with Gasteiger partial charge in [-0.15, -0.1) is 0 Å². The van der Waals surface area contributed by atoms with Crippen LogP contribution in [0, 0.1) is 0 Å². The van der Waals surface area contributed by atoms with Crippen LogP contribution in [-0.2, 0) is 32.3 Å². The van der Waals surface area contributed by atoms with Crippen molar-refractivity contribution in [3.8, 4) is 0 Å². The van der Waals surface area contributed by atoms with Gasteiger partial charge in [-0.3, -0.25) is 19.2 Å². The minimum atomic E-state index is -0.524. The van der Waals surface area contributed by atoms with Crippen molar-refractivity contribution in [3.63, 3.8) is 0 Å². The molecule has 0 heterocycles. The number of carbonyl (C=O) groups excluding carboxylic acids is 4. The first-order valence-corrected chi connectivity index (χ1v) is 8.86. The van der Waals surface area contributed by atoms with Gasteiger partial charge in [0, 0.05) is 11.1 Å². The molecule has 6 nitrogen and oxygen atoms in total. The predicted octanol–water partition coefficient (Wildman–Crippen LogP) is 3.66. The van der Waals surface area contributed by atoms with Gasteiger partial charge in [0.1, 0.15) is 13.2 Å². The van der Waals surface area contributed by atoms with Crippen LogP contribution in [0.3, 0.4) is 0 Å². The number of ketones is 2. The van der Waals surface area contributed by atoms with Gasteiger partial charge in [0.2, 0.25) is 0 Å². The maximum absolute atomic E-state index is 11.8. The highest BCUT2D eigenvalue weighted by molar-refractivity contribution is 5.94. The standard InChI is InChI=1S/C22H22O6/c1-15(23)19-7-3-5-17(11-19)13-27-21(25)9-10-22(26)28-14-18-6-4-8-20(12-18)16(2)24/h3-8,11-12H,9-10,13-14H2,1-2H3. The summed E-state index contributed by atoms with van der Waals surface area (Å²) >= 11 is 0. The molecule has 0 aliphatic carbocycles. The SMILES string of the molecule is CC(=O)c1cccc(COC(=O)CCC(=O)OCc2cccc(C(C)=O)c2)c1. The number of esters is 2. The predicted molar refractivity (Wildman–Crippen MR) is 102 cm³/mol. The molecule has 146 valence electrons. The second-order valence-corrected chi connectivity index (χ2v) is 6.33. The molecule has 28 heavy (non-hydrogen) atoms.